The summed E-state index contributed by atoms with van der Waals surface area (Å²) in [5.74, 6) is 0.930. The fourth-order valence-electron chi connectivity index (χ4n) is 3.62. The molecule has 0 spiro atoms. The average Bonchev–Trinajstić information content (AvgIpc) is 2.36. The fourth-order valence-corrected chi connectivity index (χ4v) is 3.62. The highest BCUT2D eigenvalue weighted by Crippen LogP contribution is 2.30. The predicted octanol–water partition coefficient (Wildman–Crippen LogP) is 1.40. The second kappa shape index (κ2) is 6.17. The summed E-state index contributed by atoms with van der Waals surface area (Å²) in [5.41, 5.74) is 0. The van der Waals surface area contributed by atoms with Crippen molar-refractivity contribution >= 4 is 0 Å². The van der Waals surface area contributed by atoms with Crippen molar-refractivity contribution < 1.29 is 0 Å². The SMILES string of the molecule is CNCCC(C)N1CCC2C(CCCN2C)C1. The van der Waals surface area contributed by atoms with Gasteiger partial charge < -0.3 is 15.1 Å². The van der Waals surface area contributed by atoms with Gasteiger partial charge in [0.15, 0.2) is 0 Å². The maximum atomic E-state index is 3.27. The van der Waals surface area contributed by atoms with E-state index in [1.165, 1.54) is 45.3 Å². The lowest BCUT2D eigenvalue weighted by atomic mass is 9.83. The molecule has 0 saturated carbocycles. The zero-order chi connectivity index (χ0) is 12.3. The number of piperidine rings is 2. The van der Waals surface area contributed by atoms with Crippen molar-refractivity contribution in [1.29, 1.82) is 0 Å². The highest BCUT2D eigenvalue weighted by molar-refractivity contribution is 4.90. The van der Waals surface area contributed by atoms with Crippen molar-refractivity contribution in [2.45, 2.75) is 44.7 Å². The largest absolute Gasteiger partial charge is 0.320 e. The van der Waals surface area contributed by atoms with Crippen LogP contribution in [0.5, 0.6) is 0 Å². The summed E-state index contributed by atoms with van der Waals surface area (Å²) in [4.78, 5) is 5.32. The molecule has 0 bridgehead atoms. The van der Waals surface area contributed by atoms with Gasteiger partial charge in [-0.15, -0.1) is 0 Å². The third-order valence-electron chi connectivity index (χ3n) is 4.81. The van der Waals surface area contributed by atoms with Crippen LogP contribution in [0.3, 0.4) is 0 Å². The first-order valence-corrected chi connectivity index (χ1v) is 7.31. The molecule has 3 unspecified atom stereocenters. The van der Waals surface area contributed by atoms with Gasteiger partial charge in [0.05, 0.1) is 0 Å². The van der Waals surface area contributed by atoms with Crippen molar-refractivity contribution in [3.05, 3.63) is 0 Å². The van der Waals surface area contributed by atoms with E-state index in [1.807, 2.05) is 0 Å². The van der Waals surface area contributed by atoms with Gasteiger partial charge >= 0.3 is 0 Å². The zero-order valence-corrected chi connectivity index (χ0v) is 11.8. The zero-order valence-electron chi connectivity index (χ0n) is 11.8. The Bertz CT molecular complexity index is 232. The van der Waals surface area contributed by atoms with E-state index in [1.54, 1.807) is 0 Å². The van der Waals surface area contributed by atoms with Gasteiger partial charge in [-0.1, -0.05) is 0 Å². The topological polar surface area (TPSA) is 18.5 Å². The lowest BCUT2D eigenvalue weighted by Gasteiger charge is -2.47. The summed E-state index contributed by atoms with van der Waals surface area (Å²) < 4.78 is 0. The summed E-state index contributed by atoms with van der Waals surface area (Å²) in [6.45, 7) is 7.49. The summed E-state index contributed by atoms with van der Waals surface area (Å²) >= 11 is 0. The minimum Gasteiger partial charge on any atom is -0.320 e. The van der Waals surface area contributed by atoms with Crippen LogP contribution in [-0.2, 0) is 0 Å². The molecule has 2 heterocycles. The molecular weight excluding hydrogens is 210 g/mol. The highest BCUT2D eigenvalue weighted by atomic mass is 15.2. The molecule has 2 aliphatic heterocycles. The Hall–Kier alpha value is -0.120. The summed E-state index contributed by atoms with van der Waals surface area (Å²) in [6.07, 6.45) is 5.51. The molecule has 3 heteroatoms. The number of nitrogens with one attached hydrogen (secondary N) is 1. The first kappa shape index (κ1) is 13.3. The Kier molecular flexibility index (Phi) is 4.83. The van der Waals surface area contributed by atoms with Gasteiger partial charge in [-0.3, -0.25) is 0 Å². The molecule has 1 N–H and O–H groups in total. The minimum absolute atomic E-state index is 0.746. The Balaban J connectivity index is 1.84. The number of nitrogens with zero attached hydrogens (tertiary/aromatic N) is 2. The molecule has 0 aromatic carbocycles. The highest BCUT2D eigenvalue weighted by Gasteiger charge is 2.35. The smallest absolute Gasteiger partial charge is 0.0145 e. The number of likely N-dealkylation sites (tertiary alicyclic amines) is 2. The normalized spacial score (nSPS) is 33.4. The van der Waals surface area contributed by atoms with Gasteiger partial charge in [0.2, 0.25) is 0 Å². The van der Waals surface area contributed by atoms with Crippen LogP contribution in [0.4, 0.5) is 0 Å². The summed E-state index contributed by atoms with van der Waals surface area (Å²) in [5, 5.41) is 3.27. The van der Waals surface area contributed by atoms with E-state index < -0.39 is 0 Å². The maximum absolute atomic E-state index is 3.27. The molecule has 2 fully saturated rings. The standard InChI is InChI=1S/C14H29N3/c1-12(6-8-15-2)17-10-7-14-13(11-17)5-4-9-16(14)3/h12-15H,4-11H2,1-3H3. The van der Waals surface area contributed by atoms with Crippen LogP contribution >= 0.6 is 0 Å². The van der Waals surface area contributed by atoms with Gasteiger partial charge in [-0.05, 0) is 72.3 Å². The van der Waals surface area contributed by atoms with E-state index in [0.29, 0.717) is 0 Å². The molecule has 17 heavy (non-hydrogen) atoms. The van der Waals surface area contributed by atoms with Crippen molar-refractivity contribution in [2.24, 2.45) is 5.92 Å². The fraction of sp³-hybridized carbons (Fsp3) is 1.00. The number of fused-ring (bicyclic) bond motifs is 1. The van der Waals surface area contributed by atoms with Gasteiger partial charge in [-0.25, -0.2) is 0 Å². The van der Waals surface area contributed by atoms with Crippen molar-refractivity contribution in [2.75, 3.05) is 40.3 Å². The van der Waals surface area contributed by atoms with Gasteiger partial charge in [0, 0.05) is 18.6 Å². The quantitative estimate of drug-likeness (QED) is 0.800. The van der Waals surface area contributed by atoms with Crippen molar-refractivity contribution in [3.8, 4) is 0 Å². The third kappa shape index (κ3) is 3.21. The van der Waals surface area contributed by atoms with E-state index in [0.717, 1.165) is 24.5 Å². The third-order valence-corrected chi connectivity index (χ3v) is 4.81. The Morgan fingerprint density at radius 2 is 2.12 bits per heavy atom. The van der Waals surface area contributed by atoms with Crippen molar-refractivity contribution in [3.63, 3.8) is 0 Å². The van der Waals surface area contributed by atoms with Crippen LogP contribution in [0.25, 0.3) is 0 Å². The molecule has 0 aromatic heterocycles. The van der Waals surface area contributed by atoms with Crippen LogP contribution in [0, 0.1) is 5.92 Å². The number of hydrogen-bond acceptors (Lipinski definition) is 3. The monoisotopic (exact) mass is 239 g/mol. The molecule has 0 radical (unpaired) electrons. The van der Waals surface area contributed by atoms with E-state index in [-0.39, 0.29) is 0 Å². The molecule has 3 atom stereocenters. The van der Waals surface area contributed by atoms with Crippen LogP contribution in [0.2, 0.25) is 0 Å². The van der Waals surface area contributed by atoms with E-state index in [9.17, 15) is 0 Å². The average molecular weight is 239 g/mol. The number of hydrogen-bond donors (Lipinski definition) is 1. The van der Waals surface area contributed by atoms with E-state index in [4.69, 9.17) is 0 Å². The molecule has 3 nitrogen and oxygen atoms in total. The molecule has 0 amide bonds. The molecule has 2 saturated heterocycles. The first-order valence-electron chi connectivity index (χ1n) is 7.31. The second-order valence-corrected chi connectivity index (χ2v) is 5.98. The lowest BCUT2D eigenvalue weighted by molar-refractivity contribution is 0.0220. The first-order chi connectivity index (χ1) is 8.22. The van der Waals surface area contributed by atoms with Crippen molar-refractivity contribution in [1.82, 2.24) is 15.1 Å². The van der Waals surface area contributed by atoms with E-state index >= 15 is 0 Å². The molecule has 100 valence electrons. The molecule has 2 rings (SSSR count). The molecular formula is C14H29N3. The predicted molar refractivity (Wildman–Crippen MR) is 73.3 cm³/mol. The van der Waals surface area contributed by atoms with Crippen LogP contribution in [0.15, 0.2) is 0 Å². The van der Waals surface area contributed by atoms with Gasteiger partial charge in [0.25, 0.3) is 0 Å². The minimum atomic E-state index is 0.746. The van der Waals surface area contributed by atoms with Gasteiger partial charge in [0.1, 0.15) is 0 Å². The second-order valence-electron chi connectivity index (χ2n) is 5.98. The summed E-state index contributed by atoms with van der Waals surface area (Å²) in [7, 11) is 4.37. The van der Waals surface area contributed by atoms with Crippen LogP contribution < -0.4 is 5.32 Å². The Morgan fingerprint density at radius 3 is 2.88 bits per heavy atom. The molecule has 2 aliphatic rings. The van der Waals surface area contributed by atoms with Gasteiger partial charge in [-0.2, -0.15) is 0 Å². The van der Waals surface area contributed by atoms with Crippen LogP contribution in [0.1, 0.15) is 32.6 Å². The lowest BCUT2D eigenvalue weighted by Crippen LogP contribution is -2.54. The maximum Gasteiger partial charge on any atom is 0.0145 e. The Labute approximate surface area is 107 Å². The molecule has 0 aliphatic carbocycles. The Morgan fingerprint density at radius 1 is 1.29 bits per heavy atom. The summed E-state index contributed by atoms with van der Waals surface area (Å²) in [6, 6.07) is 1.62. The number of rotatable bonds is 4. The molecule has 0 aromatic rings. The van der Waals surface area contributed by atoms with E-state index in [2.05, 4.69) is 36.1 Å². The van der Waals surface area contributed by atoms with Crippen LogP contribution in [-0.4, -0.2) is 62.2 Å².